The molecule has 2 atom stereocenters. The molecule has 0 aliphatic carbocycles. The first kappa shape index (κ1) is 12.4. The van der Waals surface area contributed by atoms with Crippen molar-refractivity contribution in [3.05, 3.63) is 0 Å². The molecule has 4 nitrogen and oxygen atoms in total. The first-order chi connectivity index (χ1) is 6.13. The molecule has 0 radical (unpaired) electrons. The van der Waals surface area contributed by atoms with E-state index in [-0.39, 0.29) is 0 Å². The van der Waals surface area contributed by atoms with Crippen LogP contribution in [0.5, 0.6) is 0 Å². The van der Waals surface area contributed by atoms with Crippen molar-refractivity contribution in [2.45, 2.75) is 44.8 Å². The largest absolute Gasteiger partial charge is 0.468 e. The van der Waals surface area contributed by atoms with E-state index >= 15 is 0 Å². The summed E-state index contributed by atoms with van der Waals surface area (Å²) in [5.74, 6) is -0.552. The van der Waals surface area contributed by atoms with Gasteiger partial charge < -0.3 is 15.6 Å². The number of carbonyl (C=O) groups excluding carboxylic acids is 1. The number of hydrogen-bond acceptors (Lipinski definition) is 4. The fourth-order valence-corrected chi connectivity index (χ4v) is 1.08. The van der Waals surface area contributed by atoms with Crippen molar-refractivity contribution in [3.63, 3.8) is 0 Å². The van der Waals surface area contributed by atoms with Gasteiger partial charge in [0, 0.05) is 0 Å². The van der Waals surface area contributed by atoms with E-state index in [1.807, 2.05) is 0 Å². The topological polar surface area (TPSA) is 72.5 Å². The van der Waals surface area contributed by atoms with Gasteiger partial charge in [-0.3, -0.25) is 4.79 Å². The molecule has 3 N–H and O–H groups in total. The average Bonchev–Trinajstić information content (AvgIpc) is 2.15. The van der Waals surface area contributed by atoms with Crippen molar-refractivity contribution in [2.24, 2.45) is 5.73 Å². The van der Waals surface area contributed by atoms with Gasteiger partial charge in [-0.2, -0.15) is 0 Å². The molecule has 0 saturated heterocycles. The van der Waals surface area contributed by atoms with Crippen molar-refractivity contribution < 1.29 is 14.6 Å². The minimum atomic E-state index is -0.901. The third-order valence-corrected chi connectivity index (χ3v) is 1.99. The Morgan fingerprint density at radius 3 is 2.62 bits per heavy atom. The van der Waals surface area contributed by atoms with E-state index in [1.165, 1.54) is 7.11 Å². The Bertz CT molecular complexity index is 150. The van der Waals surface area contributed by atoms with E-state index in [1.54, 1.807) is 0 Å². The number of carbonyl (C=O) groups is 1. The fourth-order valence-electron chi connectivity index (χ4n) is 1.08. The summed E-state index contributed by atoms with van der Waals surface area (Å²) in [6.45, 7) is 2.08. The SMILES string of the molecule is CCCCC[C@@H](O)[C@H](N)C(=O)OC. The first-order valence-electron chi connectivity index (χ1n) is 4.65. The van der Waals surface area contributed by atoms with Crippen LogP contribution in [0.4, 0.5) is 0 Å². The number of hydrogen-bond donors (Lipinski definition) is 2. The maximum absolute atomic E-state index is 10.9. The Kier molecular flexibility index (Phi) is 6.54. The van der Waals surface area contributed by atoms with Crippen LogP contribution in [0.1, 0.15) is 32.6 Å². The Morgan fingerprint density at radius 1 is 1.54 bits per heavy atom. The monoisotopic (exact) mass is 189 g/mol. The number of rotatable bonds is 6. The lowest BCUT2D eigenvalue weighted by Crippen LogP contribution is -2.42. The number of aliphatic hydroxyl groups is 1. The van der Waals surface area contributed by atoms with Crippen LogP contribution in [-0.4, -0.2) is 30.3 Å². The van der Waals surface area contributed by atoms with E-state index in [4.69, 9.17) is 5.73 Å². The van der Waals surface area contributed by atoms with Crippen molar-refractivity contribution in [2.75, 3.05) is 7.11 Å². The molecule has 0 rings (SSSR count). The molecule has 0 aromatic rings. The summed E-state index contributed by atoms with van der Waals surface area (Å²) in [6, 6.07) is -0.901. The van der Waals surface area contributed by atoms with E-state index in [0.29, 0.717) is 6.42 Å². The van der Waals surface area contributed by atoms with Gasteiger partial charge in [0.25, 0.3) is 0 Å². The molecule has 13 heavy (non-hydrogen) atoms. The zero-order valence-corrected chi connectivity index (χ0v) is 8.32. The summed E-state index contributed by atoms with van der Waals surface area (Å²) in [6.07, 6.45) is 2.80. The predicted molar refractivity (Wildman–Crippen MR) is 50.1 cm³/mol. The lowest BCUT2D eigenvalue weighted by molar-refractivity contribution is -0.145. The number of unbranched alkanes of at least 4 members (excludes halogenated alkanes) is 2. The summed E-state index contributed by atoms with van der Waals surface area (Å²) in [5.41, 5.74) is 5.43. The molecule has 0 aromatic heterocycles. The lowest BCUT2D eigenvalue weighted by atomic mass is 10.1. The second kappa shape index (κ2) is 6.86. The van der Waals surface area contributed by atoms with Crippen molar-refractivity contribution in [1.82, 2.24) is 0 Å². The molecule has 0 spiro atoms. The zero-order chi connectivity index (χ0) is 10.3. The number of aliphatic hydroxyl groups excluding tert-OH is 1. The Morgan fingerprint density at radius 2 is 2.15 bits per heavy atom. The summed E-state index contributed by atoms with van der Waals surface area (Å²) in [5, 5.41) is 9.42. The van der Waals surface area contributed by atoms with E-state index in [9.17, 15) is 9.90 Å². The normalized spacial score (nSPS) is 15.1. The standard InChI is InChI=1S/C9H19NO3/c1-3-4-5-6-7(11)8(10)9(12)13-2/h7-8,11H,3-6,10H2,1-2H3/t7-,8+/m1/s1. The number of nitrogens with two attached hydrogens (primary N) is 1. The maximum Gasteiger partial charge on any atom is 0.325 e. The predicted octanol–water partition coefficient (Wildman–Crippen LogP) is 0.428. The summed E-state index contributed by atoms with van der Waals surface area (Å²) < 4.78 is 4.42. The van der Waals surface area contributed by atoms with Gasteiger partial charge in [-0.05, 0) is 6.42 Å². The molecular weight excluding hydrogens is 170 g/mol. The molecule has 0 saturated carbocycles. The van der Waals surface area contributed by atoms with E-state index < -0.39 is 18.1 Å². The fraction of sp³-hybridized carbons (Fsp3) is 0.889. The van der Waals surface area contributed by atoms with Gasteiger partial charge in [0.1, 0.15) is 6.04 Å². The van der Waals surface area contributed by atoms with Crippen LogP contribution in [0, 0.1) is 0 Å². The Balaban J connectivity index is 3.68. The van der Waals surface area contributed by atoms with E-state index in [0.717, 1.165) is 19.3 Å². The molecule has 4 heteroatoms. The van der Waals surface area contributed by atoms with Crippen LogP contribution < -0.4 is 5.73 Å². The van der Waals surface area contributed by atoms with Gasteiger partial charge in [0.2, 0.25) is 0 Å². The molecule has 0 bridgehead atoms. The molecule has 0 aliphatic rings. The summed E-state index contributed by atoms with van der Waals surface area (Å²) in [4.78, 5) is 10.9. The molecule has 0 unspecified atom stereocenters. The van der Waals surface area contributed by atoms with Crippen LogP contribution in [-0.2, 0) is 9.53 Å². The minimum absolute atomic E-state index is 0.552. The third-order valence-electron chi connectivity index (χ3n) is 1.99. The summed E-state index contributed by atoms with van der Waals surface area (Å²) >= 11 is 0. The molecule has 0 fully saturated rings. The highest BCUT2D eigenvalue weighted by Crippen LogP contribution is 2.06. The van der Waals surface area contributed by atoms with Gasteiger partial charge in [0.05, 0.1) is 13.2 Å². The van der Waals surface area contributed by atoms with Gasteiger partial charge in [-0.25, -0.2) is 0 Å². The molecule has 0 aromatic carbocycles. The minimum Gasteiger partial charge on any atom is -0.468 e. The van der Waals surface area contributed by atoms with Gasteiger partial charge in [-0.1, -0.05) is 26.2 Å². The second-order valence-electron chi connectivity index (χ2n) is 3.11. The van der Waals surface area contributed by atoms with Crippen molar-refractivity contribution in [1.29, 1.82) is 0 Å². The number of esters is 1. The van der Waals surface area contributed by atoms with Gasteiger partial charge in [-0.15, -0.1) is 0 Å². The van der Waals surface area contributed by atoms with Gasteiger partial charge in [0.15, 0.2) is 0 Å². The molecule has 0 heterocycles. The molecule has 0 amide bonds. The molecule has 0 aliphatic heterocycles. The number of ether oxygens (including phenoxy) is 1. The zero-order valence-electron chi connectivity index (χ0n) is 8.32. The van der Waals surface area contributed by atoms with Crippen LogP contribution in [0.25, 0.3) is 0 Å². The highest BCUT2D eigenvalue weighted by molar-refractivity contribution is 5.75. The highest BCUT2D eigenvalue weighted by atomic mass is 16.5. The quantitative estimate of drug-likeness (QED) is 0.469. The summed E-state index contributed by atoms with van der Waals surface area (Å²) in [7, 11) is 1.26. The maximum atomic E-state index is 10.9. The van der Waals surface area contributed by atoms with Crippen LogP contribution >= 0.6 is 0 Å². The number of methoxy groups -OCH3 is 1. The molecule has 78 valence electrons. The second-order valence-corrected chi connectivity index (χ2v) is 3.11. The first-order valence-corrected chi connectivity index (χ1v) is 4.65. The van der Waals surface area contributed by atoms with Crippen molar-refractivity contribution >= 4 is 5.97 Å². The Hall–Kier alpha value is -0.610. The smallest absolute Gasteiger partial charge is 0.325 e. The Labute approximate surface area is 79.1 Å². The molecular formula is C9H19NO3. The van der Waals surface area contributed by atoms with Crippen LogP contribution in [0.2, 0.25) is 0 Å². The van der Waals surface area contributed by atoms with Crippen LogP contribution in [0.3, 0.4) is 0 Å². The van der Waals surface area contributed by atoms with E-state index in [2.05, 4.69) is 11.7 Å². The third kappa shape index (κ3) is 4.85. The van der Waals surface area contributed by atoms with Crippen LogP contribution in [0.15, 0.2) is 0 Å². The lowest BCUT2D eigenvalue weighted by Gasteiger charge is -2.15. The van der Waals surface area contributed by atoms with Gasteiger partial charge >= 0.3 is 5.97 Å². The highest BCUT2D eigenvalue weighted by Gasteiger charge is 2.22. The van der Waals surface area contributed by atoms with Crippen molar-refractivity contribution in [3.8, 4) is 0 Å². The average molecular weight is 189 g/mol.